The number of nitrogens with one attached hydrogen (secondary N) is 1. The van der Waals surface area contributed by atoms with E-state index in [2.05, 4.69) is 29.3 Å². The van der Waals surface area contributed by atoms with Gasteiger partial charge < -0.3 is 5.32 Å². The second-order valence-corrected chi connectivity index (χ2v) is 8.40. The number of hydrogen-bond donors (Lipinski definition) is 1. The molecule has 2 heterocycles. The maximum Gasteiger partial charge on any atom is 0.257 e. The molecule has 0 spiro atoms. The fourth-order valence-electron chi connectivity index (χ4n) is 4.23. The molecule has 166 valence electrons. The van der Waals surface area contributed by atoms with E-state index >= 15 is 0 Å². The van der Waals surface area contributed by atoms with Crippen molar-refractivity contribution in [3.05, 3.63) is 93.2 Å². The van der Waals surface area contributed by atoms with E-state index in [0.29, 0.717) is 25.2 Å². The van der Waals surface area contributed by atoms with Gasteiger partial charge in [-0.25, -0.2) is 4.98 Å². The molecule has 6 heteroatoms. The quantitative estimate of drug-likeness (QED) is 0.621. The zero-order valence-corrected chi connectivity index (χ0v) is 18.8. The maximum atomic E-state index is 13.4. The molecule has 0 unspecified atom stereocenters. The van der Waals surface area contributed by atoms with Crippen molar-refractivity contribution in [2.75, 3.05) is 11.9 Å². The first-order chi connectivity index (χ1) is 15.5. The fraction of sp³-hybridized carbons (Fsp3) is 0.346. The lowest BCUT2D eigenvalue weighted by Crippen LogP contribution is -2.40. The first-order valence-corrected chi connectivity index (χ1v) is 11.3. The summed E-state index contributed by atoms with van der Waals surface area (Å²) in [6, 6.07) is 18.0. The highest BCUT2D eigenvalue weighted by atomic mass is 16.2. The van der Waals surface area contributed by atoms with Crippen LogP contribution in [0.5, 0.6) is 0 Å². The summed E-state index contributed by atoms with van der Waals surface area (Å²) < 4.78 is 1.57. The Balaban J connectivity index is 1.56. The molecule has 32 heavy (non-hydrogen) atoms. The van der Waals surface area contributed by atoms with Crippen LogP contribution in [-0.2, 0) is 37.3 Å². The molecule has 1 N–H and O–H groups in total. The molecule has 0 atom stereocenters. The third-order valence-corrected chi connectivity index (χ3v) is 5.92. The van der Waals surface area contributed by atoms with Crippen molar-refractivity contribution >= 4 is 11.6 Å². The summed E-state index contributed by atoms with van der Waals surface area (Å²) in [5.41, 5.74) is 4.55. The van der Waals surface area contributed by atoms with Crippen molar-refractivity contribution in [2.45, 2.75) is 52.7 Å². The molecular weight excluding hydrogens is 400 g/mol. The molecule has 0 aliphatic carbocycles. The Morgan fingerprint density at radius 2 is 1.84 bits per heavy atom. The van der Waals surface area contributed by atoms with Crippen LogP contribution in [-0.4, -0.2) is 26.9 Å². The molecule has 3 aromatic rings. The van der Waals surface area contributed by atoms with Crippen molar-refractivity contribution in [3.8, 4) is 0 Å². The fourth-order valence-corrected chi connectivity index (χ4v) is 4.23. The number of fused-ring (bicyclic) bond motifs is 1. The van der Waals surface area contributed by atoms with Gasteiger partial charge in [0.15, 0.2) is 0 Å². The largest absolute Gasteiger partial charge is 0.324 e. The summed E-state index contributed by atoms with van der Waals surface area (Å²) in [5, 5.41) is 2.93. The van der Waals surface area contributed by atoms with E-state index in [4.69, 9.17) is 4.98 Å². The van der Waals surface area contributed by atoms with E-state index < -0.39 is 0 Å². The van der Waals surface area contributed by atoms with Gasteiger partial charge in [0.2, 0.25) is 5.91 Å². The molecule has 0 saturated heterocycles. The number of carbonyl (C=O) groups is 1. The highest BCUT2D eigenvalue weighted by Crippen LogP contribution is 2.18. The molecule has 1 aliphatic rings. The van der Waals surface area contributed by atoms with Crippen LogP contribution in [0.4, 0.5) is 5.69 Å². The number of aromatic nitrogens is 2. The number of amides is 1. The van der Waals surface area contributed by atoms with Gasteiger partial charge in [0.25, 0.3) is 5.56 Å². The van der Waals surface area contributed by atoms with Crippen LogP contribution >= 0.6 is 0 Å². The Morgan fingerprint density at radius 3 is 2.59 bits per heavy atom. The average Bonchev–Trinajstić information content (AvgIpc) is 2.79. The lowest BCUT2D eigenvalue weighted by Gasteiger charge is -2.29. The Morgan fingerprint density at radius 1 is 1.09 bits per heavy atom. The van der Waals surface area contributed by atoms with Crippen LogP contribution in [0.15, 0.2) is 59.4 Å². The minimum absolute atomic E-state index is 0.0174. The number of para-hydroxylation sites is 1. The van der Waals surface area contributed by atoms with E-state index in [-0.39, 0.29) is 18.0 Å². The van der Waals surface area contributed by atoms with Crippen molar-refractivity contribution < 1.29 is 4.79 Å². The van der Waals surface area contributed by atoms with E-state index in [1.54, 1.807) is 4.57 Å². The van der Waals surface area contributed by atoms with Crippen LogP contribution in [0.1, 0.15) is 41.6 Å². The molecule has 1 aromatic heterocycles. The van der Waals surface area contributed by atoms with Gasteiger partial charge in [-0.2, -0.15) is 0 Å². The van der Waals surface area contributed by atoms with Crippen LogP contribution in [0.3, 0.4) is 0 Å². The molecule has 0 fully saturated rings. The van der Waals surface area contributed by atoms with Gasteiger partial charge in [0.1, 0.15) is 12.4 Å². The Hall–Kier alpha value is -3.25. The van der Waals surface area contributed by atoms with Crippen LogP contribution in [0.2, 0.25) is 0 Å². The van der Waals surface area contributed by atoms with Gasteiger partial charge in [-0.15, -0.1) is 0 Å². The van der Waals surface area contributed by atoms with Crippen LogP contribution in [0.25, 0.3) is 0 Å². The summed E-state index contributed by atoms with van der Waals surface area (Å²) in [6.45, 7) is 6.30. The van der Waals surface area contributed by atoms with Gasteiger partial charge in [-0.3, -0.25) is 19.1 Å². The Labute approximate surface area is 188 Å². The summed E-state index contributed by atoms with van der Waals surface area (Å²) in [4.78, 5) is 33.3. The predicted molar refractivity (Wildman–Crippen MR) is 127 cm³/mol. The van der Waals surface area contributed by atoms with Crippen molar-refractivity contribution in [3.63, 3.8) is 0 Å². The normalized spacial score (nSPS) is 13.6. The SMILES string of the molecule is CCCc1nc2c(c(=O)n1CC(=O)Nc1ccccc1C)CCN(Cc1ccccc1)C2. The van der Waals surface area contributed by atoms with Crippen molar-refractivity contribution in [2.24, 2.45) is 0 Å². The number of aryl methyl sites for hydroxylation is 2. The number of nitrogens with zero attached hydrogens (tertiary/aromatic N) is 3. The summed E-state index contributed by atoms with van der Waals surface area (Å²) >= 11 is 0. The molecule has 0 bridgehead atoms. The van der Waals surface area contributed by atoms with Gasteiger partial charge >= 0.3 is 0 Å². The summed E-state index contributed by atoms with van der Waals surface area (Å²) in [5.74, 6) is 0.486. The first kappa shape index (κ1) is 22.0. The number of carbonyl (C=O) groups excluding carboxylic acids is 1. The highest BCUT2D eigenvalue weighted by molar-refractivity contribution is 5.91. The molecular formula is C26H30N4O2. The number of hydrogen-bond acceptors (Lipinski definition) is 4. The van der Waals surface area contributed by atoms with E-state index in [9.17, 15) is 9.59 Å². The smallest absolute Gasteiger partial charge is 0.257 e. The minimum atomic E-state index is -0.206. The monoisotopic (exact) mass is 430 g/mol. The van der Waals surface area contributed by atoms with E-state index in [1.165, 1.54) is 5.56 Å². The molecule has 4 rings (SSSR count). The third kappa shape index (κ3) is 4.97. The first-order valence-electron chi connectivity index (χ1n) is 11.3. The molecule has 6 nitrogen and oxygen atoms in total. The van der Waals surface area contributed by atoms with Crippen LogP contribution in [0, 0.1) is 6.92 Å². The third-order valence-electron chi connectivity index (χ3n) is 5.92. The average molecular weight is 431 g/mol. The summed E-state index contributed by atoms with van der Waals surface area (Å²) in [7, 11) is 0. The van der Waals surface area contributed by atoms with Gasteiger partial charge in [-0.1, -0.05) is 55.5 Å². The zero-order valence-electron chi connectivity index (χ0n) is 18.8. The standard InChI is InChI=1S/C26H30N4O2/c1-3-9-24-27-23-17-29(16-20-11-5-4-6-12-20)15-14-21(23)26(32)30(24)18-25(31)28-22-13-8-7-10-19(22)2/h4-8,10-13H,3,9,14-18H2,1-2H3,(H,28,31). The molecule has 2 aromatic carbocycles. The van der Waals surface area contributed by atoms with E-state index in [1.807, 2.05) is 49.4 Å². The molecule has 0 saturated carbocycles. The van der Waals surface area contributed by atoms with Gasteiger partial charge in [0.05, 0.1) is 5.69 Å². The number of anilines is 1. The highest BCUT2D eigenvalue weighted by Gasteiger charge is 2.24. The maximum absolute atomic E-state index is 13.4. The lowest BCUT2D eigenvalue weighted by molar-refractivity contribution is -0.116. The minimum Gasteiger partial charge on any atom is -0.324 e. The van der Waals surface area contributed by atoms with Crippen molar-refractivity contribution in [1.82, 2.24) is 14.5 Å². The second-order valence-electron chi connectivity index (χ2n) is 8.40. The number of benzene rings is 2. The zero-order chi connectivity index (χ0) is 22.5. The number of rotatable bonds is 7. The molecule has 1 aliphatic heterocycles. The van der Waals surface area contributed by atoms with Gasteiger partial charge in [-0.05, 0) is 37.0 Å². The summed E-state index contributed by atoms with van der Waals surface area (Å²) in [6.07, 6.45) is 2.18. The Bertz CT molecular complexity index is 1150. The van der Waals surface area contributed by atoms with E-state index in [0.717, 1.165) is 42.0 Å². The van der Waals surface area contributed by atoms with Crippen molar-refractivity contribution in [1.29, 1.82) is 0 Å². The molecule has 0 radical (unpaired) electrons. The Kier molecular flexibility index (Phi) is 6.81. The van der Waals surface area contributed by atoms with Gasteiger partial charge in [0, 0.05) is 37.3 Å². The lowest BCUT2D eigenvalue weighted by atomic mass is 10.0. The predicted octanol–water partition coefficient (Wildman–Crippen LogP) is 3.70. The second kappa shape index (κ2) is 9.92. The van der Waals surface area contributed by atoms with Crippen LogP contribution < -0.4 is 10.9 Å². The topological polar surface area (TPSA) is 67.2 Å². The molecule has 1 amide bonds.